The Kier molecular flexibility index (Phi) is 5.84. The van der Waals surface area contributed by atoms with E-state index >= 15 is 0 Å². The van der Waals surface area contributed by atoms with Crippen LogP contribution >= 0.6 is 0 Å². The zero-order chi connectivity index (χ0) is 14.4. The lowest BCUT2D eigenvalue weighted by Gasteiger charge is -2.23. The van der Waals surface area contributed by atoms with Gasteiger partial charge in [0.05, 0.1) is 6.61 Å². The van der Waals surface area contributed by atoms with Crippen LogP contribution in [0.25, 0.3) is 0 Å². The fourth-order valence-corrected chi connectivity index (χ4v) is 2.84. The van der Waals surface area contributed by atoms with E-state index in [2.05, 4.69) is 0 Å². The van der Waals surface area contributed by atoms with Gasteiger partial charge < -0.3 is 10.5 Å². The minimum atomic E-state index is -0.215. The van der Waals surface area contributed by atoms with Crippen LogP contribution in [0.1, 0.15) is 51.0 Å². The number of benzene rings is 1. The molecule has 1 aliphatic carbocycles. The molecule has 1 aromatic rings. The standard InChI is InChI=1S/C17H26FNO/c1-2-16(19)11-14-10-15(18)8-9-17(14)20-12-13-6-4-3-5-7-13/h8-10,13,16H,2-7,11-12,19H2,1H3. The molecule has 1 fully saturated rings. The third-order valence-electron chi connectivity index (χ3n) is 4.23. The van der Waals surface area contributed by atoms with Gasteiger partial charge in [-0.3, -0.25) is 0 Å². The highest BCUT2D eigenvalue weighted by Gasteiger charge is 2.15. The van der Waals surface area contributed by atoms with Crippen molar-refractivity contribution in [2.75, 3.05) is 6.61 Å². The molecular weight excluding hydrogens is 253 g/mol. The Morgan fingerprint density at radius 1 is 1.30 bits per heavy atom. The molecule has 2 rings (SSSR count). The van der Waals surface area contributed by atoms with Gasteiger partial charge in [-0.15, -0.1) is 0 Å². The lowest BCUT2D eigenvalue weighted by molar-refractivity contribution is 0.207. The molecule has 0 bridgehead atoms. The quantitative estimate of drug-likeness (QED) is 0.852. The molecule has 0 spiro atoms. The molecule has 2 N–H and O–H groups in total. The summed E-state index contributed by atoms with van der Waals surface area (Å²) < 4.78 is 19.4. The summed E-state index contributed by atoms with van der Waals surface area (Å²) in [5.74, 6) is 1.25. The van der Waals surface area contributed by atoms with E-state index in [1.54, 1.807) is 12.1 Å². The van der Waals surface area contributed by atoms with E-state index in [1.165, 1.54) is 38.2 Å². The van der Waals surface area contributed by atoms with E-state index in [-0.39, 0.29) is 11.9 Å². The van der Waals surface area contributed by atoms with Crippen molar-refractivity contribution in [3.8, 4) is 5.75 Å². The summed E-state index contributed by atoms with van der Waals surface area (Å²) in [6.07, 6.45) is 8.04. The maximum absolute atomic E-state index is 13.4. The zero-order valence-electron chi connectivity index (χ0n) is 12.4. The number of hydrogen-bond donors (Lipinski definition) is 1. The number of halogens is 1. The van der Waals surface area contributed by atoms with Gasteiger partial charge >= 0.3 is 0 Å². The van der Waals surface area contributed by atoms with Gasteiger partial charge in [0, 0.05) is 6.04 Å². The van der Waals surface area contributed by atoms with Gasteiger partial charge in [0.25, 0.3) is 0 Å². The molecule has 0 radical (unpaired) electrons. The van der Waals surface area contributed by atoms with Crippen LogP contribution in [-0.2, 0) is 6.42 Å². The van der Waals surface area contributed by atoms with Gasteiger partial charge in [-0.2, -0.15) is 0 Å². The Labute approximate surface area is 121 Å². The Bertz CT molecular complexity index is 415. The fourth-order valence-electron chi connectivity index (χ4n) is 2.84. The molecule has 3 heteroatoms. The van der Waals surface area contributed by atoms with Crippen molar-refractivity contribution in [1.29, 1.82) is 0 Å². The van der Waals surface area contributed by atoms with Crippen molar-refractivity contribution in [3.05, 3.63) is 29.6 Å². The lowest BCUT2D eigenvalue weighted by Crippen LogP contribution is -2.22. The third-order valence-corrected chi connectivity index (χ3v) is 4.23. The molecule has 1 aromatic carbocycles. The molecule has 20 heavy (non-hydrogen) atoms. The van der Waals surface area contributed by atoms with E-state index < -0.39 is 0 Å². The highest BCUT2D eigenvalue weighted by atomic mass is 19.1. The van der Waals surface area contributed by atoms with Crippen molar-refractivity contribution in [2.24, 2.45) is 11.7 Å². The average Bonchev–Trinajstić information content (AvgIpc) is 2.47. The van der Waals surface area contributed by atoms with Crippen LogP contribution in [0.15, 0.2) is 18.2 Å². The predicted octanol–water partition coefficient (Wildman–Crippen LogP) is 4.06. The van der Waals surface area contributed by atoms with Crippen molar-refractivity contribution >= 4 is 0 Å². The van der Waals surface area contributed by atoms with E-state index in [0.717, 1.165) is 24.3 Å². The van der Waals surface area contributed by atoms with Crippen LogP contribution in [0.5, 0.6) is 5.75 Å². The number of rotatable bonds is 6. The molecule has 2 nitrogen and oxygen atoms in total. The first-order chi connectivity index (χ1) is 9.69. The SMILES string of the molecule is CCC(N)Cc1cc(F)ccc1OCC1CCCCC1. The Morgan fingerprint density at radius 3 is 2.75 bits per heavy atom. The first kappa shape index (κ1) is 15.3. The molecule has 0 amide bonds. The van der Waals surface area contributed by atoms with Gasteiger partial charge in [-0.25, -0.2) is 4.39 Å². The largest absolute Gasteiger partial charge is 0.493 e. The molecule has 0 aliphatic heterocycles. The second-order valence-corrected chi connectivity index (χ2v) is 5.94. The highest BCUT2D eigenvalue weighted by molar-refractivity contribution is 5.34. The van der Waals surface area contributed by atoms with Gasteiger partial charge in [-0.05, 0) is 55.4 Å². The van der Waals surface area contributed by atoms with Crippen LogP contribution in [0.2, 0.25) is 0 Å². The fraction of sp³-hybridized carbons (Fsp3) is 0.647. The Hall–Kier alpha value is -1.09. The molecule has 0 heterocycles. The number of ether oxygens (including phenoxy) is 1. The number of nitrogens with two attached hydrogens (primary N) is 1. The normalized spacial score (nSPS) is 17.9. The summed E-state index contributed by atoms with van der Waals surface area (Å²) in [5.41, 5.74) is 6.88. The summed E-state index contributed by atoms with van der Waals surface area (Å²) in [6, 6.07) is 4.84. The van der Waals surface area contributed by atoms with Gasteiger partial charge in [0.1, 0.15) is 11.6 Å². The van der Waals surface area contributed by atoms with Crippen LogP contribution < -0.4 is 10.5 Å². The monoisotopic (exact) mass is 279 g/mol. The maximum Gasteiger partial charge on any atom is 0.123 e. The Balaban J connectivity index is 1.98. The minimum Gasteiger partial charge on any atom is -0.493 e. The van der Waals surface area contributed by atoms with Crippen LogP contribution in [0.4, 0.5) is 4.39 Å². The molecule has 0 aromatic heterocycles. The second kappa shape index (κ2) is 7.63. The van der Waals surface area contributed by atoms with Gasteiger partial charge in [0.2, 0.25) is 0 Å². The minimum absolute atomic E-state index is 0.0637. The molecular formula is C17H26FNO. The van der Waals surface area contributed by atoms with Gasteiger partial charge in [0.15, 0.2) is 0 Å². The summed E-state index contributed by atoms with van der Waals surface area (Å²) in [4.78, 5) is 0. The molecule has 1 unspecified atom stereocenters. The van der Waals surface area contributed by atoms with Crippen molar-refractivity contribution in [1.82, 2.24) is 0 Å². The van der Waals surface area contributed by atoms with Crippen molar-refractivity contribution in [2.45, 2.75) is 57.9 Å². The zero-order valence-corrected chi connectivity index (χ0v) is 12.4. The van der Waals surface area contributed by atoms with E-state index in [0.29, 0.717) is 12.3 Å². The topological polar surface area (TPSA) is 35.2 Å². The Morgan fingerprint density at radius 2 is 2.05 bits per heavy atom. The third kappa shape index (κ3) is 4.48. The molecule has 1 saturated carbocycles. The van der Waals surface area contributed by atoms with Crippen molar-refractivity contribution < 1.29 is 9.13 Å². The molecule has 0 saturated heterocycles. The molecule has 1 aliphatic rings. The van der Waals surface area contributed by atoms with Crippen LogP contribution in [0.3, 0.4) is 0 Å². The summed E-state index contributed by atoms with van der Waals surface area (Å²) in [5, 5.41) is 0. The average molecular weight is 279 g/mol. The number of hydrogen-bond acceptors (Lipinski definition) is 2. The van der Waals surface area contributed by atoms with E-state index in [9.17, 15) is 4.39 Å². The molecule has 1 atom stereocenters. The van der Waals surface area contributed by atoms with E-state index in [4.69, 9.17) is 10.5 Å². The van der Waals surface area contributed by atoms with E-state index in [1.807, 2.05) is 6.92 Å². The van der Waals surface area contributed by atoms with Gasteiger partial charge in [-0.1, -0.05) is 26.2 Å². The molecule has 112 valence electrons. The highest BCUT2D eigenvalue weighted by Crippen LogP contribution is 2.27. The first-order valence-electron chi connectivity index (χ1n) is 7.86. The van der Waals surface area contributed by atoms with Crippen molar-refractivity contribution in [3.63, 3.8) is 0 Å². The lowest BCUT2D eigenvalue weighted by atomic mass is 9.90. The first-order valence-corrected chi connectivity index (χ1v) is 7.86. The predicted molar refractivity (Wildman–Crippen MR) is 80.4 cm³/mol. The summed E-state index contributed by atoms with van der Waals surface area (Å²) in [7, 11) is 0. The smallest absolute Gasteiger partial charge is 0.123 e. The van der Waals surface area contributed by atoms with Crippen LogP contribution in [0, 0.1) is 11.7 Å². The van der Waals surface area contributed by atoms with Crippen LogP contribution in [-0.4, -0.2) is 12.6 Å². The maximum atomic E-state index is 13.4. The second-order valence-electron chi connectivity index (χ2n) is 5.94. The summed E-state index contributed by atoms with van der Waals surface area (Å²) in [6.45, 7) is 2.80. The summed E-state index contributed by atoms with van der Waals surface area (Å²) >= 11 is 0.